The molecule has 0 fully saturated rings. The lowest BCUT2D eigenvalue weighted by Gasteiger charge is -2.19. The number of esters is 2. The van der Waals surface area contributed by atoms with E-state index in [1.807, 2.05) is 30.3 Å². The van der Waals surface area contributed by atoms with E-state index in [9.17, 15) is 14.4 Å². The van der Waals surface area contributed by atoms with Crippen molar-refractivity contribution in [1.29, 1.82) is 0 Å². The Balaban J connectivity index is 2.32. The second-order valence-corrected chi connectivity index (χ2v) is 6.67. The summed E-state index contributed by atoms with van der Waals surface area (Å²) in [6.07, 6.45) is 0.225. The van der Waals surface area contributed by atoms with Gasteiger partial charge in [0.2, 0.25) is 0 Å². The molecule has 1 unspecified atom stereocenters. The summed E-state index contributed by atoms with van der Waals surface area (Å²) in [7, 11) is 0. The van der Waals surface area contributed by atoms with Gasteiger partial charge >= 0.3 is 11.9 Å². The number of ether oxygens (including phenoxy) is 2. The second kappa shape index (κ2) is 10.1. The molecule has 1 amide bonds. The van der Waals surface area contributed by atoms with Crippen LogP contribution in [0.15, 0.2) is 42.5 Å². The molecule has 0 aromatic heterocycles. The number of amides is 1. The first-order chi connectivity index (χ1) is 13.3. The van der Waals surface area contributed by atoms with E-state index in [-0.39, 0.29) is 34.4 Å². The van der Waals surface area contributed by atoms with E-state index in [1.54, 1.807) is 6.92 Å². The molecule has 0 heterocycles. The van der Waals surface area contributed by atoms with Crippen molar-refractivity contribution >= 4 is 41.0 Å². The topological polar surface area (TPSA) is 81.7 Å². The SMILES string of the molecule is CCOC(=O)C(Cc1ccccc1)NC(=O)c1cc(Cl)cc(Cl)c1OC(C)=O. The largest absolute Gasteiger partial charge is 0.464 e. The van der Waals surface area contributed by atoms with Crippen LogP contribution in [0.2, 0.25) is 10.0 Å². The molecular weight excluding hydrogens is 405 g/mol. The van der Waals surface area contributed by atoms with Gasteiger partial charge in [-0.2, -0.15) is 0 Å². The highest BCUT2D eigenvalue weighted by Crippen LogP contribution is 2.32. The van der Waals surface area contributed by atoms with Crippen molar-refractivity contribution in [3.8, 4) is 5.75 Å². The Morgan fingerprint density at radius 1 is 1.11 bits per heavy atom. The van der Waals surface area contributed by atoms with E-state index >= 15 is 0 Å². The predicted molar refractivity (Wildman–Crippen MR) is 106 cm³/mol. The van der Waals surface area contributed by atoms with Crippen molar-refractivity contribution in [3.63, 3.8) is 0 Å². The third-order valence-corrected chi connectivity index (χ3v) is 4.16. The molecule has 0 aliphatic heterocycles. The third-order valence-electron chi connectivity index (χ3n) is 3.66. The quantitative estimate of drug-likeness (QED) is 0.540. The fourth-order valence-corrected chi connectivity index (χ4v) is 3.03. The maximum Gasteiger partial charge on any atom is 0.328 e. The average Bonchev–Trinajstić information content (AvgIpc) is 2.64. The maximum atomic E-state index is 12.8. The van der Waals surface area contributed by atoms with Gasteiger partial charge in [-0.25, -0.2) is 4.79 Å². The Morgan fingerprint density at radius 3 is 2.39 bits per heavy atom. The molecule has 2 aromatic rings. The van der Waals surface area contributed by atoms with Crippen molar-refractivity contribution < 1.29 is 23.9 Å². The van der Waals surface area contributed by atoms with Crippen molar-refractivity contribution in [2.45, 2.75) is 26.3 Å². The average molecular weight is 424 g/mol. The number of carbonyl (C=O) groups excluding carboxylic acids is 3. The Bertz CT molecular complexity index is 870. The van der Waals surface area contributed by atoms with E-state index in [0.717, 1.165) is 5.56 Å². The van der Waals surface area contributed by atoms with Gasteiger partial charge in [0.25, 0.3) is 5.91 Å². The van der Waals surface area contributed by atoms with Crippen LogP contribution in [-0.4, -0.2) is 30.5 Å². The summed E-state index contributed by atoms with van der Waals surface area (Å²) in [5.74, 6) is -2.03. The highest BCUT2D eigenvalue weighted by Gasteiger charge is 2.26. The summed E-state index contributed by atoms with van der Waals surface area (Å²) in [4.78, 5) is 36.5. The van der Waals surface area contributed by atoms with Gasteiger partial charge in [0.15, 0.2) is 5.75 Å². The molecular formula is C20H19Cl2NO5. The van der Waals surface area contributed by atoms with Crippen LogP contribution in [-0.2, 0) is 20.7 Å². The molecule has 0 radical (unpaired) electrons. The monoisotopic (exact) mass is 423 g/mol. The molecule has 0 aliphatic carbocycles. The minimum absolute atomic E-state index is 0.00333. The zero-order chi connectivity index (χ0) is 20.7. The summed E-state index contributed by atoms with van der Waals surface area (Å²) >= 11 is 12.1. The number of halogens is 2. The summed E-state index contributed by atoms with van der Waals surface area (Å²) in [6.45, 7) is 3.03. The molecule has 1 atom stereocenters. The highest BCUT2D eigenvalue weighted by molar-refractivity contribution is 6.36. The van der Waals surface area contributed by atoms with Crippen molar-refractivity contribution in [2.24, 2.45) is 0 Å². The standard InChI is InChI=1S/C20H19Cl2NO5/c1-3-27-20(26)17(9-13-7-5-4-6-8-13)23-19(25)15-10-14(21)11-16(22)18(15)28-12(2)24/h4-8,10-11,17H,3,9H2,1-2H3,(H,23,25). The first-order valence-electron chi connectivity index (χ1n) is 8.50. The van der Waals surface area contributed by atoms with Gasteiger partial charge in [0, 0.05) is 18.4 Å². The Morgan fingerprint density at radius 2 is 1.79 bits per heavy atom. The van der Waals surface area contributed by atoms with Crippen LogP contribution in [0.5, 0.6) is 5.75 Å². The molecule has 6 nitrogen and oxygen atoms in total. The number of hydrogen-bond acceptors (Lipinski definition) is 5. The van der Waals surface area contributed by atoms with Crippen LogP contribution >= 0.6 is 23.2 Å². The molecule has 28 heavy (non-hydrogen) atoms. The third kappa shape index (κ3) is 5.97. The Labute approximate surface area is 172 Å². The number of hydrogen-bond donors (Lipinski definition) is 1. The first-order valence-corrected chi connectivity index (χ1v) is 9.26. The summed E-state index contributed by atoms with van der Waals surface area (Å²) in [5, 5.41) is 2.80. The zero-order valence-electron chi connectivity index (χ0n) is 15.3. The second-order valence-electron chi connectivity index (χ2n) is 5.83. The lowest BCUT2D eigenvalue weighted by atomic mass is 10.1. The molecule has 0 saturated carbocycles. The minimum atomic E-state index is -0.946. The molecule has 148 valence electrons. The smallest absolute Gasteiger partial charge is 0.328 e. The van der Waals surface area contributed by atoms with E-state index in [1.165, 1.54) is 19.1 Å². The summed E-state index contributed by atoms with van der Waals surface area (Å²) in [6, 6.07) is 10.9. The summed E-state index contributed by atoms with van der Waals surface area (Å²) < 4.78 is 10.1. The van der Waals surface area contributed by atoms with E-state index in [2.05, 4.69) is 5.32 Å². The Hall–Kier alpha value is -2.57. The molecule has 0 bridgehead atoms. The number of rotatable bonds is 7. The number of nitrogens with one attached hydrogen (secondary N) is 1. The molecule has 1 N–H and O–H groups in total. The van der Waals surface area contributed by atoms with Gasteiger partial charge < -0.3 is 14.8 Å². The van der Waals surface area contributed by atoms with E-state index < -0.39 is 23.9 Å². The molecule has 2 rings (SSSR count). The highest BCUT2D eigenvalue weighted by atomic mass is 35.5. The molecule has 0 saturated heterocycles. The van der Waals surface area contributed by atoms with Crippen molar-refractivity contribution in [2.75, 3.05) is 6.61 Å². The van der Waals surface area contributed by atoms with Gasteiger partial charge in [-0.3, -0.25) is 9.59 Å². The zero-order valence-corrected chi connectivity index (χ0v) is 16.8. The van der Waals surface area contributed by atoms with E-state index in [0.29, 0.717) is 0 Å². The van der Waals surface area contributed by atoms with Crippen LogP contribution in [0.3, 0.4) is 0 Å². The van der Waals surface area contributed by atoms with Gasteiger partial charge in [-0.15, -0.1) is 0 Å². The maximum absolute atomic E-state index is 12.8. The first kappa shape index (κ1) is 21.7. The fraction of sp³-hybridized carbons (Fsp3) is 0.250. The van der Waals surface area contributed by atoms with Gasteiger partial charge in [0.05, 0.1) is 17.2 Å². The number of benzene rings is 2. The van der Waals surface area contributed by atoms with Crippen LogP contribution in [0.25, 0.3) is 0 Å². The minimum Gasteiger partial charge on any atom is -0.464 e. The van der Waals surface area contributed by atoms with Gasteiger partial charge in [-0.1, -0.05) is 53.5 Å². The van der Waals surface area contributed by atoms with Crippen molar-refractivity contribution in [1.82, 2.24) is 5.32 Å². The van der Waals surface area contributed by atoms with Crippen LogP contribution in [0.1, 0.15) is 29.8 Å². The molecule has 0 aliphatic rings. The van der Waals surface area contributed by atoms with Crippen LogP contribution in [0.4, 0.5) is 0 Å². The predicted octanol–water partition coefficient (Wildman–Crippen LogP) is 3.82. The summed E-state index contributed by atoms with van der Waals surface area (Å²) in [5.41, 5.74) is 0.778. The number of carbonyl (C=O) groups is 3. The lowest BCUT2D eigenvalue weighted by molar-refractivity contribution is -0.145. The van der Waals surface area contributed by atoms with Gasteiger partial charge in [-0.05, 0) is 24.6 Å². The normalized spacial score (nSPS) is 11.4. The van der Waals surface area contributed by atoms with Crippen LogP contribution < -0.4 is 10.1 Å². The molecule has 8 heteroatoms. The lowest BCUT2D eigenvalue weighted by Crippen LogP contribution is -2.43. The molecule has 0 spiro atoms. The van der Waals surface area contributed by atoms with Crippen molar-refractivity contribution in [3.05, 3.63) is 63.6 Å². The Kier molecular flexibility index (Phi) is 7.84. The fourth-order valence-electron chi connectivity index (χ4n) is 2.50. The van der Waals surface area contributed by atoms with E-state index in [4.69, 9.17) is 32.7 Å². The van der Waals surface area contributed by atoms with Gasteiger partial charge in [0.1, 0.15) is 6.04 Å². The molecule has 2 aromatic carbocycles. The van der Waals surface area contributed by atoms with Crippen LogP contribution in [0, 0.1) is 0 Å².